The molecule has 24 heavy (non-hydrogen) atoms. The molecule has 8 heteroatoms. The molecule has 3 N–H and O–H groups in total. The van der Waals surface area contributed by atoms with E-state index in [-0.39, 0.29) is 47.7 Å². The fraction of sp³-hybridized carbons (Fsp3) is 0.562. The van der Waals surface area contributed by atoms with E-state index in [0.29, 0.717) is 12.3 Å². The summed E-state index contributed by atoms with van der Waals surface area (Å²) in [6.45, 7) is 5.79. The molecule has 1 aromatic heterocycles. The monoisotopic (exact) mass is 347 g/mol. The number of carboxylic acid groups (broad SMARTS) is 1. The van der Waals surface area contributed by atoms with E-state index >= 15 is 0 Å². The van der Waals surface area contributed by atoms with Crippen molar-refractivity contribution in [3.63, 3.8) is 0 Å². The number of hydrazine groups is 1. The summed E-state index contributed by atoms with van der Waals surface area (Å²) < 4.78 is 4.89. The molecule has 1 rings (SSSR count). The van der Waals surface area contributed by atoms with Crippen molar-refractivity contribution in [1.82, 2.24) is 10.9 Å². The number of rotatable bonds is 8. The quantitative estimate of drug-likeness (QED) is 0.422. The average Bonchev–Trinajstić information content (AvgIpc) is 2.98. The topological polar surface area (TPSA) is 109 Å². The zero-order valence-corrected chi connectivity index (χ0v) is 16.7. The van der Waals surface area contributed by atoms with Gasteiger partial charge in [0.05, 0.1) is 12.2 Å². The summed E-state index contributed by atoms with van der Waals surface area (Å²) in [5.41, 5.74) is 4.50. The number of furan rings is 1. The van der Waals surface area contributed by atoms with Crippen LogP contribution in [-0.2, 0) is 9.59 Å². The Morgan fingerprint density at radius 1 is 1.17 bits per heavy atom. The van der Waals surface area contributed by atoms with Gasteiger partial charge < -0.3 is 9.52 Å². The summed E-state index contributed by atoms with van der Waals surface area (Å²) in [6, 6.07) is 3.03. The molecule has 1 aromatic rings. The zero-order chi connectivity index (χ0) is 17.4. The molecule has 2 unspecified atom stereocenters. The molecule has 2 amide bonds. The molecule has 1 heterocycles. The predicted molar refractivity (Wildman–Crippen MR) is 83.3 cm³/mol. The Labute approximate surface area is 163 Å². The van der Waals surface area contributed by atoms with E-state index in [9.17, 15) is 19.5 Å². The third kappa shape index (κ3) is 7.99. The first kappa shape index (κ1) is 22.7. The number of nitrogens with one attached hydrogen (secondary N) is 2. The van der Waals surface area contributed by atoms with Gasteiger partial charge in [0.15, 0.2) is 5.76 Å². The predicted octanol–water partition coefficient (Wildman–Crippen LogP) is -0.792. The van der Waals surface area contributed by atoms with Gasteiger partial charge in [-0.3, -0.25) is 25.2 Å². The Bertz CT molecular complexity index is 531. The minimum atomic E-state index is -0.898. The standard InChI is InChI=1S/C16H24N2O5.Na/c1-10(2)6-7-12(16(21)22)11(3)9-14(19)17-18-15(20)13-5-4-8-23-13;/h4-5,8,10-12H,6-7,9H2,1-3H3,(H,17,19)(H,18,20)(H,21,22);/q;+1. The van der Waals surface area contributed by atoms with Crippen molar-refractivity contribution in [1.29, 1.82) is 0 Å². The maximum Gasteiger partial charge on any atom is 1.00 e. The maximum atomic E-state index is 11.8. The van der Waals surface area contributed by atoms with Crippen LogP contribution in [0.1, 0.15) is 50.6 Å². The third-order valence-corrected chi connectivity index (χ3v) is 3.63. The van der Waals surface area contributed by atoms with Gasteiger partial charge in [0.25, 0.3) is 0 Å². The minimum absolute atomic E-state index is 0. The molecule has 7 nitrogen and oxygen atoms in total. The summed E-state index contributed by atoms with van der Waals surface area (Å²) >= 11 is 0. The van der Waals surface area contributed by atoms with Gasteiger partial charge in [-0.2, -0.15) is 0 Å². The molecule has 0 aliphatic carbocycles. The summed E-state index contributed by atoms with van der Waals surface area (Å²) in [7, 11) is 0. The Hall–Kier alpha value is -1.31. The molecule has 0 bridgehead atoms. The molecule has 128 valence electrons. The SMILES string of the molecule is CC(C)CCC(C(=O)O)C(C)CC(=O)NNC(=O)c1ccco1.[Na+]. The van der Waals surface area contributed by atoms with Gasteiger partial charge >= 0.3 is 41.4 Å². The third-order valence-electron chi connectivity index (χ3n) is 3.63. The van der Waals surface area contributed by atoms with Crippen molar-refractivity contribution in [2.24, 2.45) is 17.8 Å². The molecular formula is C16H24N2NaO5+. The van der Waals surface area contributed by atoms with Crippen LogP contribution in [0, 0.1) is 17.8 Å². The molecule has 0 aliphatic rings. The van der Waals surface area contributed by atoms with E-state index in [0.717, 1.165) is 6.42 Å². The fourth-order valence-electron chi connectivity index (χ4n) is 2.25. The van der Waals surface area contributed by atoms with E-state index in [2.05, 4.69) is 10.9 Å². The largest absolute Gasteiger partial charge is 1.00 e. The number of hydrogen-bond acceptors (Lipinski definition) is 4. The minimum Gasteiger partial charge on any atom is -0.481 e. The first-order valence-corrected chi connectivity index (χ1v) is 7.66. The van der Waals surface area contributed by atoms with Crippen LogP contribution in [-0.4, -0.2) is 22.9 Å². The average molecular weight is 347 g/mol. The number of carboxylic acids is 1. The van der Waals surface area contributed by atoms with Crippen LogP contribution in [0.2, 0.25) is 0 Å². The Morgan fingerprint density at radius 3 is 2.33 bits per heavy atom. The smallest absolute Gasteiger partial charge is 0.481 e. The number of aliphatic carboxylic acids is 1. The van der Waals surface area contributed by atoms with E-state index in [1.165, 1.54) is 12.3 Å². The number of amides is 2. The van der Waals surface area contributed by atoms with Gasteiger partial charge in [0, 0.05) is 6.42 Å². The van der Waals surface area contributed by atoms with Gasteiger partial charge in [-0.05, 0) is 30.4 Å². The van der Waals surface area contributed by atoms with Crippen LogP contribution in [0.15, 0.2) is 22.8 Å². The van der Waals surface area contributed by atoms with E-state index in [1.807, 2.05) is 13.8 Å². The van der Waals surface area contributed by atoms with Crippen LogP contribution < -0.4 is 40.4 Å². The van der Waals surface area contributed by atoms with Gasteiger partial charge in [-0.1, -0.05) is 27.2 Å². The van der Waals surface area contributed by atoms with Crippen molar-refractivity contribution < 1.29 is 53.5 Å². The molecule has 0 aliphatic heterocycles. The second kappa shape index (κ2) is 11.3. The van der Waals surface area contributed by atoms with Crippen LogP contribution >= 0.6 is 0 Å². The van der Waals surface area contributed by atoms with Gasteiger partial charge in [0.1, 0.15) is 0 Å². The van der Waals surface area contributed by atoms with Crippen LogP contribution in [0.3, 0.4) is 0 Å². The van der Waals surface area contributed by atoms with Gasteiger partial charge in [0.2, 0.25) is 5.91 Å². The summed E-state index contributed by atoms with van der Waals surface area (Å²) in [5.74, 6) is -2.32. The summed E-state index contributed by atoms with van der Waals surface area (Å²) in [6.07, 6.45) is 2.69. The van der Waals surface area contributed by atoms with Crippen molar-refractivity contribution in [3.8, 4) is 0 Å². The van der Waals surface area contributed by atoms with E-state index in [1.54, 1.807) is 13.0 Å². The Balaban J connectivity index is 0.00000529. The molecule has 0 saturated heterocycles. The number of hydrogen-bond donors (Lipinski definition) is 3. The molecule has 2 atom stereocenters. The van der Waals surface area contributed by atoms with Crippen LogP contribution in [0.4, 0.5) is 0 Å². The van der Waals surface area contributed by atoms with Gasteiger partial charge in [-0.15, -0.1) is 0 Å². The summed E-state index contributed by atoms with van der Waals surface area (Å²) in [4.78, 5) is 34.8. The van der Waals surface area contributed by atoms with Crippen molar-refractivity contribution in [3.05, 3.63) is 24.2 Å². The first-order chi connectivity index (χ1) is 10.8. The zero-order valence-electron chi connectivity index (χ0n) is 14.7. The second-order valence-corrected chi connectivity index (χ2v) is 6.08. The fourth-order valence-corrected chi connectivity index (χ4v) is 2.25. The Morgan fingerprint density at radius 2 is 1.83 bits per heavy atom. The molecule has 0 spiro atoms. The summed E-state index contributed by atoms with van der Waals surface area (Å²) in [5, 5.41) is 9.30. The second-order valence-electron chi connectivity index (χ2n) is 6.08. The Kier molecular flexibility index (Phi) is 10.7. The molecule has 0 fully saturated rings. The number of carbonyl (C=O) groups excluding carboxylic acids is 2. The molecule has 0 radical (unpaired) electrons. The van der Waals surface area contributed by atoms with Crippen LogP contribution in [0.25, 0.3) is 0 Å². The van der Waals surface area contributed by atoms with Crippen LogP contribution in [0.5, 0.6) is 0 Å². The maximum absolute atomic E-state index is 11.8. The van der Waals surface area contributed by atoms with Crippen molar-refractivity contribution >= 4 is 17.8 Å². The van der Waals surface area contributed by atoms with Crippen molar-refractivity contribution in [2.75, 3.05) is 0 Å². The van der Waals surface area contributed by atoms with E-state index < -0.39 is 23.7 Å². The number of carbonyl (C=O) groups is 3. The molecule has 0 saturated carbocycles. The van der Waals surface area contributed by atoms with Gasteiger partial charge in [-0.25, -0.2) is 0 Å². The van der Waals surface area contributed by atoms with Crippen molar-refractivity contribution in [2.45, 2.75) is 40.0 Å². The van der Waals surface area contributed by atoms with E-state index in [4.69, 9.17) is 4.42 Å². The molecule has 0 aromatic carbocycles. The molecular weight excluding hydrogens is 323 g/mol. The normalized spacial score (nSPS) is 12.8. The first-order valence-electron chi connectivity index (χ1n) is 7.66.